The van der Waals surface area contributed by atoms with Gasteiger partial charge in [0.05, 0.1) is 6.42 Å². The number of furan rings is 1. The molecule has 0 aliphatic carbocycles. The molecule has 1 atom stereocenters. The molecule has 130 valence electrons. The predicted molar refractivity (Wildman–Crippen MR) is 76.3 cm³/mol. The number of amides is 1. The third-order valence-electron chi connectivity index (χ3n) is 3.47. The van der Waals surface area contributed by atoms with Crippen LogP contribution in [0.3, 0.4) is 0 Å². The van der Waals surface area contributed by atoms with E-state index in [4.69, 9.17) is 4.42 Å². The summed E-state index contributed by atoms with van der Waals surface area (Å²) in [7, 11) is 0. The topological polar surface area (TPSA) is 62.5 Å². The first-order valence-electron chi connectivity index (χ1n) is 6.99. The van der Waals surface area contributed by atoms with E-state index in [-0.39, 0.29) is 17.9 Å². The molecule has 0 spiro atoms. The number of aliphatic hydroxyl groups is 1. The molecule has 4 nitrogen and oxygen atoms in total. The van der Waals surface area contributed by atoms with Gasteiger partial charge in [0.2, 0.25) is 11.5 Å². The molecule has 0 aliphatic heterocycles. The molecule has 0 radical (unpaired) electrons. The van der Waals surface area contributed by atoms with E-state index in [2.05, 4.69) is 5.32 Å². The summed E-state index contributed by atoms with van der Waals surface area (Å²) in [6.45, 7) is 1.12. The molecule has 2 rings (SSSR count). The monoisotopic (exact) mass is 345 g/mol. The molecule has 1 aromatic carbocycles. The minimum absolute atomic E-state index is 0.121. The maximum Gasteiger partial charge on any atom is 0.425 e. The number of hydrogen-bond donors (Lipinski definition) is 2. The van der Waals surface area contributed by atoms with E-state index >= 15 is 0 Å². The average Bonchev–Trinajstić information content (AvgIpc) is 2.92. The normalized spacial score (nSPS) is 14.2. The Morgan fingerprint density at radius 3 is 2.42 bits per heavy atom. The summed E-state index contributed by atoms with van der Waals surface area (Å²) in [4.78, 5) is 11.8. The fourth-order valence-electron chi connectivity index (χ4n) is 2.11. The first kappa shape index (κ1) is 18.0. The minimum Gasteiger partial charge on any atom is -0.463 e. The van der Waals surface area contributed by atoms with Gasteiger partial charge in [-0.3, -0.25) is 4.79 Å². The number of carbonyl (C=O) groups excluding carboxylic acids is 1. The van der Waals surface area contributed by atoms with Crippen molar-refractivity contribution in [2.24, 2.45) is 0 Å². The second-order valence-corrected chi connectivity index (χ2v) is 5.31. The van der Waals surface area contributed by atoms with E-state index in [0.717, 1.165) is 6.07 Å². The number of hydrogen-bond acceptors (Lipinski definition) is 3. The van der Waals surface area contributed by atoms with Crippen molar-refractivity contribution in [3.05, 3.63) is 59.3 Å². The third-order valence-corrected chi connectivity index (χ3v) is 3.47. The molecule has 0 bridgehead atoms. The number of aryl methyl sites for hydroxylation is 1. The maximum atomic E-state index is 13.4. The highest BCUT2D eigenvalue weighted by Gasteiger charge is 2.58. The van der Waals surface area contributed by atoms with Gasteiger partial charge in [-0.05, 0) is 25.1 Å². The van der Waals surface area contributed by atoms with Gasteiger partial charge in [-0.1, -0.05) is 18.2 Å². The van der Waals surface area contributed by atoms with Gasteiger partial charge < -0.3 is 14.8 Å². The van der Waals surface area contributed by atoms with E-state index in [1.165, 1.54) is 37.3 Å². The first-order valence-corrected chi connectivity index (χ1v) is 6.99. The standard InChI is InChI=1S/C16H15F4NO3/c1-10-6-7-13(24-10)15(23,16(18,19)20)8-14(22)21-9-11-4-2-3-5-12(11)17/h2-7,23H,8-9H2,1H3,(H,21,22). The molecule has 1 aromatic heterocycles. The van der Waals surface area contributed by atoms with E-state index in [1.807, 2.05) is 0 Å². The lowest BCUT2D eigenvalue weighted by atomic mass is 9.95. The summed E-state index contributed by atoms with van der Waals surface area (Å²) in [5.41, 5.74) is -3.34. The van der Waals surface area contributed by atoms with Crippen LogP contribution in [0.2, 0.25) is 0 Å². The molecule has 2 N–H and O–H groups in total. The van der Waals surface area contributed by atoms with E-state index in [1.54, 1.807) is 0 Å². The van der Waals surface area contributed by atoms with Crippen LogP contribution in [-0.4, -0.2) is 17.2 Å². The van der Waals surface area contributed by atoms with Crippen LogP contribution in [0.1, 0.15) is 23.5 Å². The average molecular weight is 345 g/mol. The van der Waals surface area contributed by atoms with Crippen LogP contribution in [-0.2, 0) is 16.9 Å². The number of rotatable bonds is 5. The summed E-state index contributed by atoms with van der Waals surface area (Å²) in [5.74, 6) is -2.29. The quantitative estimate of drug-likeness (QED) is 0.818. The smallest absolute Gasteiger partial charge is 0.425 e. The number of halogens is 4. The van der Waals surface area contributed by atoms with Crippen LogP contribution >= 0.6 is 0 Å². The number of carbonyl (C=O) groups is 1. The van der Waals surface area contributed by atoms with Gasteiger partial charge >= 0.3 is 6.18 Å². The highest BCUT2D eigenvalue weighted by molar-refractivity contribution is 5.77. The lowest BCUT2D eigenvalue weighted by molar-refractivity contribution is -0.273. The van der Waals surface area contributed by atoms with Gasteiger partial charge in [0.1, 0.15) is 17.3 Å². The first-order chi connectivity index (χ1) is 11.1. The Morgan fingerprint density at radius 2 is 1.88 bits per heavy atom. The highest BCUT2D eigenvalue weighted by atomic mass is 19.4. The zero-order chi connectivity index (χ0) is 18.0. The maximum absolute atomic E-state index is 13.4. The molecule has 1 heterocycles. The SMILES string of the molecule is Cc1ccc(C(O)(CC(=O)NCc2ccccc2F)C(F)(F)F)o1. The molecule has 1 amide bonds. The van der Waals surface area contributed by atoms with Crippen LogP contribution in [0.25, 0.3) is 0 Å². The molecule has 0 saturated heterocycles. The summed E-state index contributed by atoms with van der Waals surface area (Å²) in [6.07, 6.45) is -6.41. The highest BCUT2D eigenvalue weighted by Crippen LogP contribution is 2.42. The van der Waals surface area contributed by atoms with Crippen LogP contribution < -0.4 is 5.32 Å². The molecule has 1 unspecified atom stereocenters. The Bertz CT molecular complexity index is 726. The van der Waals surface area contributed by atoms with Crippen molar-refractivity contribution < 1.29 is 31.9 Å². The Hall–Kier alpha value is -2.35. The van der Waals surface area contributed by atoms with Crippen LogP contribution in [0.4, 0.5) is 17.6 Å². The van der Waals surface area contributed by atoms with E-state index in [9.17, 15) is 27.5 Å². The molecule has 0 aliphatic rings. The zero-order valence-electron chi connectivity index (χ0n) is 12.7. The fraction of sp³-hybridized carbons (Fsp3) is 0.312. The molecule has 0 saturated carbocycles. The Morgan fingerprint density at radius 1 is 1.21 bits per heavy atom. The lowest BCUT2D eigenvalue weighted by Gasteiger charge is -2.28. The largest absolute Gasteiger partial charge is 0.463 e. The van der Waals surface area contributed by atoms with Gasteiger partial charge in [-0.15, -0.1) is 0 Å². The lowest BCUT2D eigenvalue weighted by Crippen LogP contribution is -2.46. The summed E-state index contributed by atoms with van der Waals surface area (Å²) >= 11 is 0. The van der Waals surface area contributed by atoms with Gasteiger partial charge in [-0.2, -0.15) is 13.2 Å². The predicted octanol–water partition coefficient (Wildman–Crippen LogP) is 3.18. The van der Waals surface area contributed by atoms with Crippen LogP contribution in [0, 0.1) is 12.7 Å². The second-order valence-electron chi connectivity index (χ2n) is 5.31. The van der Waals surface area contributed by atoms with Crippen molar-refractivity contribution in [2.45, 2.75) is 31.7 Å². The van der Waals surface area contributed by atoms with Gasteiger partial charge in [0.15, 0.2) is 0 Å². The van der Waals surface area contributed by atoms with Crippen LogP contribution in [0.15, 0.2) is 40.8 Å². The molecular weight excluding hydrogens is 330 g/mol. The second kappa shape index (κ2) is 6.64. The molecule has 8 heteroatoms. The number of alkyl halides is 3. The van der Waals surface area contributed by atoms with Gasteiger partial charge in [-0.25, -0.2) is 4.39 Å². The van der Waals surface area contributed by atoms with E-state index in [0.29, 0.717) is 0 Å². The van der Waals surface area contributed by atoms with Crippen LogP contribution in [0.5, 0.6) is 0 Å². The van der Waals surface area contributed by atoms with Gasteiger partial charge in [0, 0.05) is 12.1 Å². The summed E-state index contributed by atoms with van der Waals surface area (Å²) in [5, 5.41) is 12.2. The molecular formula is C16H15F4NO3. The molecule has 0 fully saturated rings. The summed E-state index contributed by atoms with van der Waals surface area (Å²) < 4.78 is 58.0. The van der Waals surface area contributed by atoms with Crippen molar-refractivity contribution in [1.82, 2.24) is 5.32 Å². The van der Waals surface area contributed by atoms with Crippen molar-refractivity contribution in [3.63, 3.8) is 0 Å². The van der Waals surface area contributed by atoms with Crippen molar-refractivity contribution in [2.75, 3.05) is 0 Å². The number of benzene rings is 1. The molecule has 24 heavy (non-hydrogen) atoms. The number of nitrogens with one attached hydrogen (secondary N) is 1. The minimum atomic E-state index is -5.12. The Balaban J connectivity index is 2.13. The van der Waals surface area contributed by atoms with Gasteiger partial charge in [0.25, 0.3) is 0 Å². The Kier molecular flexibility index (Phi) is 4.98. The third kappa shape index (κ3) is 3.76. The van der Waals surface area contributed by atoms with Crippen molar-refractivity contribution in [1.29, 1.82) is 0 Å². The Labute approximate surface area is 135 Å². The van der Waals surface area contributed by atoms with E-state index < -0.39 is 35.7 Å². The van der Waals surface area contributed by atoms with Crippen molar-refractivity contribution >= 4 is 5.91 Å². The zero-order valence-corrected chi connectivity index (χ0v) is 12.7. The summed E-state index contributed by atoms with van der Waals surface area (Å²) in [6, 6.07) is 7.75. The molecule has 2 aromatic rings. The van der Waals surface area contributed by atoms with Crippen molar-refractivity contribution in [3.8, 4) is 0 Å². The fourth-order valence-corrected chi connectivity index (χ4v) is 2.11.